The van der Waals surface area contributed by atoms with Gasteiger partial charge in [-0.3, -0.25) is 0 Å². The van der Waals surface area contributed by atoms with Crippen LogP contribution in [0.5, 0.6) is 0 Å². The summed E-state index contributed by atoms with van der Waals surface area (Å²) < 4.78 is 5.64. The predicted octanol–water partition coefficient (Wildman–Crippen LogP) is 2.49. The molecule has 0 spiro atoms. The molecule has 1 aromatic heterocycles. The number of hydrogen-bond donors (Lipinski definition) is 1. The van der Waals surface area contributed by atoms with Crippen LogP contribution in [0, 0.1) is 0 Å². The van der Waals surface area contributed by atoms with Gasteiger partial charge < -0.3 is 10.1 Å². The Kier molecular flexibility index (Phi) is 4.50. The van der Waals surface area contributed by atoms with Gasteiger partial charge in [-0.1, -0.05) is 36.9 Å². The first-order chi connectivity index (χ1) is 9.88. The van der Waals surface area contributed by atoms with Crippen molar-refractivity contribution in [2.45, 2.75) is 29.7 Å². The summed E-state index contributed by atoms with van der Waals surface area (Å²) in [7, 11) is 0. The maximum Gasteiger partial charge on any atom is 0.117 e. The molecule has 3 rings (SSSR count). The number of para-hydroxylation sites is 1. The normalized spacial score (nSPS) is 23.1. The largest absolute Gasteiger partial charge is 0.380 e. The third kappa shape index (κ3) is 2.95. The lowest BCUT2D eigenvalue weighted by atomic mass is 10.1. The smallest absolute Gasteiger partial charge is 0.117 e. The SMILES string of the molecule is CCNC1CCOCC1Sc1ncnc2ccccc12. The minimum atomic E-state index is 0.405. The van der Waals surface area contributed by atoms with Gasteiger partial charge in [0, 0.05) is 23.3 Å². The van der Waals surface area contributed by atoms with Crippen LogP contribution in [0.15, 0.2) is 35.6 Å². The average molecular weight is 289 g/mol. The molecule has 1 aliphatic heterocycles. The average Bonchev–Trinajstić information content (AvgIpc) is 2.50. The molecule has 1 fully saturated rings. The van der Waals surface area contributed by atoms with E-state index in [1.165, 1.54) is 0 Å². The zero-order valence-electron chi connectivity index (χ0n) is 11.6. The molecule has 0 aliphatic carbocycles. The fourth-order valence-corrected chi connectivity index (χ4v) is 3.80. The van der Waals surface area contributed by atoms with Gasteiger partial charge in [0.15, 0.2) is 0 Å². The summed E-state index contributed by atoms with van der Waals surface area (Å²) in [6.07, 6.45) is 2.71. The Balaban J connectivity index is 1.84. The first kappa shape index (κ1) is 13.8. The van der Waals surface area contributed by atoms with Crippen molar-refractivity contribution in [2.24, 2.45) is 0 Å². The van der Waals surface area contributed by atoms with E-state index in [1.807, 2.05) is 18.2 Å². The molecule has 0 radical (unpaired) electrons. The lowest BCUT2D eigenvalue weighted by molar-refractivity contribution is 0.0837. The van der Waals surface area contributed by atoms with Gasteiger partial charge in [0.25, 0.3) is 0 Å². The van der Waals surface area contributed by atoms with E-state index in [-0.39, 0.29) is 0 Å². The summed E-state index contributed by atoms with van der Waals surface area (Å²) in [4.78, 5) is 8.78. The van der Waals surface area contributed by atoms with Crippen molar-refractivity contribution in [1.82, 2.24) is 15.3 Å². The van der Waals surface area contributed by atoms with E-state index in [9.17, 15) is 0 Å². The monoisotopic (exact) mass is 289 g/mol. The van der Waals surface area contributed by atoms with Crippen LogP contribution >= 0.6 is 11.8 Å². The van der Waals surface area contributed by atoms with Crippen molar-refractivity contribution < 1.29 is 4.74 Å². The van der Waals surface area contributed by atoms with Crippen molar-refractivity contribution in [3.8, 4) is 0 Å². The van der Waals surface area contributed by atoms with E-state index in [0.717, 1.165) is 42.1 Å². The number of benzene rings is 1. The second-order valence-corrected chi connectivity index (χ2v) is 6.11. The van der Waals surface area contributed by atoms with Crippen LogP contribution in [0.4, 0.5) is 0 Å². The number of thioether (sulfide) groups is 1. The van der Waals surface area contributed by atoms with Gasteiger partial charge in [-0.05, 0) is 19.0 Å². The Hall–Kier alpha value is -1.17. The highest BCUT2D eigenvalue weighted by atomic mass is 32.2. The van der Waals surface area contributed by atoms with Crippen LogP contribution in [0.3, 0.4) is 0 Å². The molecule has 2 atom stereocenters. The molecule has 0 saturated carbocycles. The number of fused-ring (bicyclic) bond motifs is 1. The predicted molar refractivity (Wildman–Crippen MR) is 82.1 cm³/mol. The van der Waals surface area contributed by atoms with E-state index < -0.39 is 0 Å². The van der Waals surface area contributed by atoms with Crippen LogP contribution in [-0.4, -0.2) is 41.0 Å². The lowest BCUT2D eigenvalue weighted by Gasteiger charge is -2.31. The number of nitrogens with one attached hydrogen (secondary N) is 1. The van der Waals surface area contributed by atoms with Crippen LogP contribution in [0.2, 0.25) is 0 Å². The van der Waals surface area contributed by atoms with Crippen molar-refractivity contribution in [3.05, 3.63) is 30.6 Å². The summed E-state index contributed by atoms with van der Waals surface area (Å²) in [6.45, 7) is 4.77. The van der Waals surface area contributed by atoms with Crippen LogP contribution in [-0.2, 0) is 4.74 Å². The van der Waals surface area contributed by atoms with Gasteiger partial charge in [0.1, 0.15) is 11.4 Å². The Morgan fingerprint density at radius 1 is 1.35 bits per heavy atom. The Labute approximate surface area is 123 Å². The maximum atomic E-state index is 5.64. The van der Waals surface area contributed by atoms with Gasteiger partial charge in [-0.2, -0.15) is 0 Å². The molecular formula is C15H19N3OS. The van der Waals surface area contributed by atoms with Gasteiger partial charge in [-0.15, -0.1) is 0 Å². The molecule has 20 heavy (non-hydrogen) atoms. The van der Waals surface area contributed by atoms with Crippen LogP contribution in [0.25, 0.3) is 10.9 Å². The summed E-state index contributed by atoms with van der Waals surface area (Å²) in [6, 6.07) is 8.65. The highest BCUT2D eigenvalue weighted by Crippen LogP contribution is 2.31. The molecule has 0 amide bonds. The molecular weight excluding hydrogens is 270 g/mol. The van der Waals surface area contributed by atoms with Gasteiger partial charge in [0.05, 0.1) is 12.1 Å². The molecule has 0 bridgehead atoms. The minimum Gasteiger partial charge on any atom is -0.380 e. The Morgan fingerprint density at radius 3 is 3.15 bits per heavy atom. The van der Waals surface area contributed by atoms with Gasteiger partial charge in [0.2, 0.25) is 0 Å². The van der Waals surface area contributed by atoms with E-state index >= 15 is 0 Å². The number of aromatic nitrogens is 2. The molecule has 1 aromatic carbocycles. The molecule has 2 heterocycles. The highest BCUT2D eigenvalue weighted by molar-refractivity contribution is 8.00. The third-order valence-corrected chi connectivity index (χ3v) is 4.86. The number of hydrogen-bond acceptors (Lipinski definition) is 5. The summed E-state index contributed by atoms with van der Waals surface area (Å²) in [5.74, 6) is 0. The van der Waals surface area contributed by atoms with Crippen molar-refractivity contribution >= 4 is 22.7 Å². The molecule has 2 aromatic rings. The first-order valence-corrected chi connectivity index (χ1v) is 7.94. The molecule has 2 unspecified atom stereocenters. The first-order valence-electron chi connectivity index (χ1n) is 7.06. The molecule has 4 nitrogen and oxygen atoms in total. The molecule has 1 N–H and O–H groups in total. The summed E-state index contributed by atoms with van der Waals surface area (Å²) in [5, 5.41) is 6.14. The molecule has 1 saturated heterocycles. The lowest BCUT2D eigenvalue weighted by Crippen LogP contribution is -2.44. The molecule has 106 valence electrons. The number of ether oxygens (including phenoxy) is 1. The molecule has 5 heteroatoms. The van der Waals surface area contributed by atoms with Crippen LogP contribution in [0.1, 0.15) is 13.3 Å². The highest BCUT2D eigenvalue weighted by Gasteiger charge is 2.26. The van der Waals surface area contributed by atoms with Crippen molar-refractivity contribution in [2.75, 3.05) is 19.8 Å². The number of rotatable bonds is 4. The summed E-state index contributed by atoms with van der Waals surface area (Å²) >= 11 is 1.80. The van der Waals surface area contributed by atoms with Crippen molar-refractivity contribution in [3.63, 3.8) is 0 Å². The Morgan fingerprint density at radius 2 is 2.25 bits per heavy atom. The van der Waals surface area contributed by atoms with E-state index in [4.69, 9.17) is 4.74 Å². The zero-order chi connectivity index (χ0) is 13.8. The fraction of sp³-hybridized carbons (Fsp3) is 0.467. The Bertz CT molecular complexity index is 571. The summed E-state index contributed by atoms with van der Waals surface area (Å²) in [5.41, 5.74) is 1.00. The minimum absolute atomic E-state index is 0.405. The van der Waals surface area contributed by atoms with E-state index in [1.54, 1.807) is 18.1 Å². The number of nitrogens with zero attached hydrogens (tertiary/aromatic N) is 2. The topological polar surface area (TPSA) is 47.0 Å². The second-order valence-electron chi connectivity index (χ2n) is 4.88. The van der Waals surface area contributed by atoms with Gasteiger partial charge >= 0.3 is 0 Å². The van der Waals surface area contributed by atoms with E-state index in [2.05, 4.69) is 28.3 Å². The fourth-order valence-electron chi connectivity index (χ4n) is 2.54. The quantitative estimate of drug-likeness (QED) is 0.876. The van der Waals surface area contributed by atoms with E-state index in [0.29, 0.717) is 11.3 Å². The molecule has 1 aliphatic rings. The zero-order valence-corrected chi connectivity index (χ0v) is 12.4. The van der Waals surface area contributed by atoms with Crippen LogP contribution < -0.4 is 5.32 Å². The standard InChI is InChI=1S/C15H19N3OS/c1-2-16-13-7-8-19-9-14(13)20-15-11-5-3-4-6-12(11)17-10-18-15/h3-6,10,13-14,16H,2,7-9H2,1H3. The maximum absolute atomic E-state index is 5.64. The second kappa shape index (κ2) is 6.52. The van der Waals surface area contributed by atoms with Gasteiger partial charge in [-0.25, -0.2) is 9.97 Å². The van der Waals surface area contributed by atoms with Crippen molar-refractivity contribution in [1.29, 1.82) is 0 Å². The third-order valence-electron chi connectivity index (χ3n) is 3.54.